The number of nitrogens with zero attached hydrogens (tertiary/aromatic N) is 1. The molecule has 31 heavy (non-hydrogen) atoms. The zero-order chi connectivity index (χ0) is 22.2. The first-order valence-corrected chi connectivity index (χ1v) is 10.4. The van der Waals surface area contributed by atoms with Crippen molar-refractivity contribution in [3.63, 3.8) is 0 Å². The number of carbonyl (C=O) groups is 2. The molecule has 1 amide bonds. The first-order chi connectivity index (χ1) is 14.9. The number of nitrogens with one attached hydrogen (secondary N) is 1. The molecule has 0 radical (unpaired) electrons. The van der Waals surface area contributed by atoms with Gasteiger partial charge >= 0.3 is 5.97 Å². The molecule has 3 aromatic carbocycles. The molecule has 0 aliphatic heterocycles. The van der Waals surface area contributed by atoms with Gasteiger partial charge in [0.1, 0.15) is 11.5 Å². The number of esters is 1. The van der Waals surface area contributed by atoms with Crippen molar-refractivity contribution < 1.29 is 19.1 Å². The minimum Gasteiger partial charge on any atom is -0.484 e. The maximum absolute atomic E-state index is 12.2. The highest BCUT2D eigenvalue weighted by Crippen LogP contribution is 2.21. The molecule has 0 saturated carbocycles. The van der Waals surface area contributed by atoms with Gasteiger partial charge in [-0.15, -0.1) is 0 Å². The van der Waals surface area contributed by atoms with Crippen LogP contribution in [0.5, 0.6) is 11.5 Å². The largest absolute Gasteiger partial charge is 0.484 e. The van der Waals surface area contributed by atoms with Gasteiger partial charge in [0, 0.05) is 9.50 Å². The van der Waals surface area contributed by atoms with Crippen LogP contribution in [-0.2, 0) is 4.79 Å². The summed E-state index contributed by atoms with van der Waals surface area (Å²) in [6, 6.07) is 18.8. The van der Waals surface area contributed by atoms with Gasteiger partial charge in [0.15, 0.2) is 6.61 Å². The van der Waals surface area contributed by atoms with Gasteiger partial charge in [-0.3, -0.25) is 4.79 Å². The minimum absolute atomic E-state index is 0.178. The fourth-order valence-electron chi connectivity index (χ4n) is 2.47. The Morgan fingerprint density at radius 1 is 1.06 bits per heavy atom. The van der Waals surface area contributed by atoms with Crippen LogP contribution in [-0.4, -0.2) is 24.7 Å². The number of hydrogen-bond acceptors (Lipinski definition) is 5. The molecule has 0 unspecified atom stereocenters. The summed E-state index contributed by atoms with van der Waals surface area (Å²) in [4.78, 5) is 24.0. The highest BCUT2D eigenvalue weighted by atomic mass is 79.9. The molecule has 1 N–H and O–H groups in total. The normalized spacial score (nSPS) is 10.7. The predicted octanol–water partition coefficient (Wildman–Crippen LogP) is 5.16. The Hall–Kier alpha value is -3.16. The van der Waals surface area contributed by atoms with Gasteiger partial charge < -0.3 is 9.47 Å². The number of aryl methyl sites for hydroxylation is 1. The first-order valence-electron chi connectivity index (χ1n) is 9.19. The minimum atomic E-state index is -0.453. The van der Waals surface area contributed by atoms with Gasteiger partial charge in [-0.2, -0.15) is 5.10 Å². The van der Waals surface area contributed by atoms with Crippen molar-refractivity contribution in [1.82, 2.24) is 5.43 Å². The van der Waals surface area contributed by atoms with Crippen molar-refractivity contribution in [2.75, 3.05) is 6.61 Å². The van der Waals surface area contributed by atoms with Crippen LogP contribution in [0, 0.1) is 6.92 Å². The second-order valence-electron chi connectivity index (χ2n) is 6.46. The summed E-state index contributed by atoms with van der Waals surface area (Å²) in [7, 11) is 0. The topological polar surface area (TPSA) is 77.0 Å². The third-order valence-electron chi connectivity index (χ3n) is 4.05. The summed E-state index contributed by atoms with van der Waals surface area (Å²) in [6.07, 6.45) is 1.48. The van der Waals surface area contributed by atoms with Crippen LogP contribution in [0.2, 0.25) is 5.02 Å². The number of hydrazone groups is 1. The fraction of sp³-hybridized carbons (Fsp3) is 0.0870. The van der Waals surface area contributed by atoms with Gasteiger partial charge in [-0.05, 0) is 78.7 Å². The summed E-state index contributed by atoms with van der Waals surface area (Å²) >= 11 is 9.28. The van der Waals surface area contributed by atoms with E-state index in [4.69, 9.17) is 21.1 Å². The van der Waals surface area contributed by atoms with Crippen LogP contribution < -0.4 is 14.9 Å². The number of ether oxygens (including phenoxy) is 2. The molecule has 8 heteroatoms. The van der Waals surface area contributed by atoms with Gasteiger partial charge in [-0.1, -0.05) is 33.6 Å². The average Bonchev–Trinajstić information content (AvgIpc) is 2.76. The molecule has 6 nitrogen and oxygen atoms in total. The Morgan fingerprint density at radius 2 is 1.81 bits per heavy atom. The number of hydrogen-bond donors (Lipinski definition) is 1. The molecule has 0 aliphatic carbocycles. The van der Waals surface area contributed by atoms with E-state index in [2.05, 4.69) is 26.5 Å². The van der Waals surface area contributed by atoms with Gasteiger partial charge in [-0.25, -0.2) is 10.2 Å². The van der Waals surface area contributed by atoms with E-state index < -0.39 is 11.9 Å². The molecule has 0 aromatic heterocycles. The zero-order valence-electron chi connectivity index (χ0n) is 16.5. The SMILES string of the molecule is Cc1cc(OCC(=O)N/N=C/c2ccc(OC(=O)c3cccc(Br)c3)cc2)ccc1Cl. The smallest absolute Gasteiger partial charge is 0.343 e. The number of amides is 1. The highest BCUT2D eigenvalue weighted by Gasteiger charge is 2.09. The molecule has 0 heterocycles. The molecule has 0 atom stereocenters. The van der Waals surface area contributed by atoms with E-state index in [-0.39, 0.29) is 6.61 Å². The zero-order valence-corrected chi connectivity index (χ0v) is 18.8. The summed E-state index contributed by atoms with van der Waals surface area (Å²) in [6.45, 7) is 1.68. The molecule has 158 valence electrons. The number of benzene rings is 3. The summed E-state index contributed by atoms with van der Waals surface area (Å²) < 4.78 is 11.5. The fourth-order valence-corrected chi connectivity index (χ4v) is 2.99. The second-order valence-corrected chi connectivity index (χ2v) is 7.78. The molecule has 0 bridgehead atoms. The van der Waals surface area contributed by atoms with E-state index in [1.807, 2.05) is 13.0 Å². The van der Waals surface area contributed by atoms with Gasteiger partial charge in [0.05, 0.1) is 11.8 Å². The highest BCUT2D eigenvalue weighted by molar-refractivity contribution is 9.10. The Bertz CT molecular complexity index is 1120. The number of rotatable bonds is 7. The Kier molecular flexibility index (Phi) is 7.81. The number of halogens is 2. The van der Waals surface area contributed by atoms with E-state index in [0.29, 0.717) is 22.1 Å². The summed E-state index contributed by atoms with van der Waals surface area (Å²) in [5.41, 5.74) is 4.42. The van der Waals surface area contributed by atoms with Crippen molar-refractivity contribution >= 4 is 45.6 Å². The Balaban J connectivity index is 1.47. The van der Waals surface area contributed by atoms with Crippen LogP contribution in [0.3, 0.4) is 0 Å². The average molecular weight is 502 g/mol. The Labute approximate surface area is 193 Å². The maximum atomic E-state index is 12.2. The molecule has 3 rings (SSSR count). The molecule has 0 fully saturated rings. The molecule has 0 aliphatic rings. The van der Waals surface area contributed by atoms with E-state index in [0.717, 1.165) is 15.6 Å². The van der Waals surface area contributed by atoms with E-state index in [1.165, 1.54) is 6.21 Å². The van der Waals surface area contributed by atoms with Crippen LogP contribution in [0.1, 0.15) is 21.5 Å². The monoisotopic (exact) mass is 500 g/mol. The third-order valence-corrected chi connectivity index (χ3v) is 4.97. The van der Waals surface area contributed by atoms with Gasteiger partial charge in [0.2, 0.25) is 0 Å². The number of carbonyl (C=O) groups excluding carboxylic acids is 2. The Morgan fingerprint density at radius 3 is 2.52 bits per heavy atom. The molecular weight excluding hydrogens is 484 g/mol. The standard InChI is InChI=1S/C23H18BrClN2O4/c1-15-11-20(9-10-21(15)25)30-14-22(28)27-26-13-16-5-7-19(8-6-16)31-23(29)17-3-2-4-18(24)12-17/h2-13H,14H2,1H3,(H,27,28)/b26-13+. The van der Waals surface area contributed by atoms with E-state index in [1.54, 1.807) is 60.7 Å². The van der Waals surface area contributed by atoms with Crippen molar-refractivity contribution in [2.24, 2.45) is 5.10 Å². The lowest BCUT2D eigenvalue weighted by molar-refractivity contribution is -0.123. The van der Waals surface area contributed by atoms with Crippen LogP contribution >= 0.6 is 27.5 Å². The van der Waals surface area contributed by atoms with E-state index >= 15 is 0 Å². The van der Waals surface area contributed by atoms with Gasteiger partial charge in [0.25, 0.3) is 5.91 Å². The van der Waals surface area contributed by atoms with Crippen LogP contribution in [0.15, 0.2) is 76.3 Å². The van der Waals surface area contributed by atoms with Crippen molar-refractivity contribution in [1.29, 1.82) is 0 Å². The summed E-state index contributed by atoms with van der Waals surface area (Å²) in [5, 5.41) is 4.53. The van der Waals surface area contributed by atoms with Crippen LogP contribution in [0.4, 0.5) is 0 Å². The van der Waals surface area contributed by atoms with Crippen molar-refractivity contribution in [3.05, 3.63) is 92.9 Å². The first kappa shape index (κ1) is 22.5. The lowest BCUT2D eigenvalue weighted by atomic mass is 10.2. The maximum Gasteiger partial charge on any atom is 0.343 e. The quantitative estimate of drug-likeness (QED) is 0.210. The molecule has 0 saturated heterocycles. The molecule has 3 aromatic rings. The lowest BCUT2D eigenvalue weighted by Gasteiger charge is -2.06. The van der Waals surface area contributed by atoms with E-state index in [9.17, 15) is 9.59 Å². The molecular formula is C23H18BrClN2O4. The third kappa shape index (κ3) is 6.94. The summed E-state index contributed by atoms with van der Waals surface area (Å²) in [5.74, 6) is 0.0983. The predicted molar refractivity (Wildman–Crippen MR) is 123 cm³/mol. The van der Waals surface area contributed by atoms with Crippen molar-refractivity contribution in [3.8, 4) is 11.5 Å². The lowest BCUT2D eigenvalue weighted by Crippen LogP contribution is -2.24. The molecule has 0 spiro atoms. The van der Waals surface area contributed by atoms with Crippen LogP contribution in [0.25, 0.3) is 0 Å². The van der Waals surface area contributed by atoms with Crippen molar-refractivity contribution in [2.45, 2.75) is 6.92 Å². The second kappa shape index (κ2) is 10.7.